The third kappa shape index (κ3) is 3.16. The van der Waals surface area contributed by atoms with E-state index in [2.05, 4.69) is 15.5 Å². The van der Waals surface area contributed by atoms with Gasteiger partial charge < -0.3 is 5.32 Å². The van der Waals surface area contributed by atoms with Crippen LogP contribution in [0.2, 0.25) is 10.0 Å². The molecule has 0 radical (unpaired) electrons. The topological polar surface area (TPSA) is 45.6 Å². The van der Waals surface area contributed by atoms with Crippen molar-refractivity contribution in [1.82, 2.24) is 14.8 Å². The number of anilines is 1. The summed E-state index contributed by atoms with van der Waals surface area (Å²) >= 11 is 17.2. The van der Waals surface area contributed by atoms with Crippen LogP contribution in [0.4, 0.5) is 5.69 Å². The molecule has 0 saturated heterocycles. The zero-order chi connectivity index (χ0) is 15.5. The van der Waals surface area contributed by atoms with Crippen LogP contribution >= 0.6 is 35.4 Å². The molecule has 1 heterocycles. The zero-order valence-electron chi connectivity index (χ0n) is 11.4. The van der Waals surface area contributed by atoms with E-state index >= 15 is 0 Å². The molecule has 3 rings (SSSR count). The number of nitrogens with zero attached hydrogens (tertiary/aromatic N) is 2. The molecule has 0 aliphatic heterocycles. The minimum atomic E-state index is 0.500. The van der Waals surface area contributed by atoms with E-state index in [0.29, 0.717) is 21.4 Å². The van der Waals surface area contributed by atoms with Gasteiger partial charge in [0.15, 0.2) is 10.6 Å². The van der Waals surface area contributed by atoms with Gasteiger partial charge in [0.1, 0.15) is 0 Å². The van der Waals surface area contributed by atoms with Crippen LogP contribution in [0.5, 0.6) is 0 Å². The minimum Gasteiger partial charge on any atom is -0.378 e. The maximum atomic E-state index is 6.01. The third-order valence-electron chi connectivity index (χ3n) is 3.13. The van der Waals surface area contributed by atoms with Crippen LogP contribution in [-0.4, -0.2) is 14.8 Å². The molecule has 3 aromatic rings. The molecule has 0 spiro atoms. The number of rotatable bonds is 4. The summed E-state index contributed by atoms with van der Waals surface area (Å²) in [6.07, 6.45) is 0. The molecule has 22 heavy (non-hydrogen) atoms. The smallest absolute Gasteiger partial charge is 0.199 e. The average molecular weight is 351 g/mol. The molecule has 0 aliphatic carbocycles. The summed E-state index contributed by atoms with van der Waals surface area (Å²) in [4.78, 5) is 0. The summed E-state index contributed by atoms with van der Waals surface area (Å²) in [7, 11) is 0. The molecule has 0 fully saturated rings. The predicted molar refractivity (Wildman–Crippen MR) is 92.5 cm³/mol. The predicted octanol–water partition coefficient (Wildman–Crippen LogP) is 4.85. The van der Waals surface area contributed by atoms with Gasteiger partial charge in [-0.15, -0.1) is 0 Å². The molecule has 0 saturated carbocycles. The Balaban J connectivity index is 1.85. The van der Waals surface area contributed by atoms with Crippen molar-refractivity contribution in [2.75, 3.05) is 5.32 Å². The van der Waals surface area contributed by atoms with E-state index in [9.17, 15) is 0 Å². The highest BCUT2D eigenvalue weighted by atomic mass is 35.5. The van der Waals surface area contributed by atoms with Crippen molar-refractivity contribution < 1.29 is 0 Å². The Hall–Kier alpha value is -1.82. The maximum absolute atomic E-state index is 6.01. The van der Waals surface area contributed by atoms with Crippen molar-refractivity contribution in [2.45, 2.75) is 6.54 Å². The van der Waals surface area contributed by atoms with Crippen molar-refractivity contribution in [3.63, 3.8) is 0 Å². The van der Waals surface area contributed by atoms with Gasteiger partial charge in [-0.05, 0) is 42.5 Å². The first-order valence-electron chi connectivity index (χ1n) is 6.56. The van der Waals surface area contributed by atoms with Gasteiger partial charge in [-0.25, -0.2) is 0 Å². The van der Waals surface area contributed by atoms with Crippen LogP contribution in [-0.2, 0) is 6.54 Å². The summed E-state index contributed by atoms with van der Waals surface area (Å²) in [5.41, 5.74) is 1.83. The molecule has 7 heteroatoms. The van der Waals surface area contributed by atoms with Crippen LogP contribution < -0.4 is 5.32 Å². The normalized spacial score (nSPS) is 10.6. The first-order chi connectivity index (χ1) is 10.6. The van der Waals surface area contributed by atoms with E-state index in [1.165, 1.54) is 0 Å². The Bertz CT molecular complexity index is 842. The van der Waals surface area contributed by atoms with Gasteiger partial charge in [0.25, 0.3) is 0 Å². The van der Waals surface area contributed by atoms with Crippen LogP contribution in [0.3, 0.4) is 0 Å². The minimum absolute atomic E-state index is 0.500. The van der Waals surface area contributed by atoms with E-state index < -0.39 is 0 Å². The lowest BCUT2D eigenvalue weighted by atomic mass is 10.3. The number of aromatic nitrogens is 3. The van der Waals surface area contributed by atoms with Gasteiger partial charge in [0.2, 0.25) is 0 Å². The molecule has 0 amide bonds. The second-order valence-electron chi connectivity index (χ2n) is 4.60. The van der Waals surface area contributed by atoms with Gasteiger partial charge in [-0.1, -0.05) is 41.4 Å². The van der Waals surface area contributed by atoms with Gasteiger partial charge >= 0.3 is 0 Å². The average Bonchev–Trinajstić information content (AvgIpc) is 2.90. The molecule has 0 aliphatic rings. The van der Waals surface area contributed by atoms with Gasteiger partial charge in [0.05, 0.1) is 16.6 Å². The van der Waals surface area contributed by atoms with E-state index in [1.807, 2.05) is 41.0 Å². The largest absolute Gasteiger partial charge is 0.378 e. The molecule has 2 aromatic carbocycles. The highest BCUT2D eigenvalue weighted by molar-refractivity contribution is 7.71. The van der Waals surface area contributed by atoms with Crippen LogP contribution in [0.15, 0.2) is 48.5 Å². The van der Waals surface area contributed by atoms with Gasteiger partial charge in [-0.2, -0.15) is 5.10 Å². The zero-order valence-corrected chi connectivity index (χ0v) is 13.7. The fourth-order valence-corrected chi connectivity index (χ4v) is 2.63. The molecular weight excluding hydrogens is 339 g/mol. The second kappa shape index (κ2) is 6.52. The van der Waals surface area contributed by atoms with Gasteiger partial charge in [0, 0.05) is 11.4 Å². The Morgan fingerprint density at radius 3 is 2.59 bits per heavy atom. The lowest BCUT2D eigenvalue weighted by Gasteiger charge is -2.09. The molecule has 2 N–H and O–H groups in total. The molecule has 0 bridgehead atoms. The number of aromatic amines is 1. The number of para-hydroxylation sites is 1. The molecule has 112 valence electrons. The van der Waals surface area contributed by atoms with Crippen molar-refractivity contribution in [3.05, 3.63) is 69.2 Å². The maximum Gasteiger partial charge on any atom is 0.199 e. The molecular formula is C15H12Cl2N4S. The fraction of sp³-hybridized carbons (Fsp3) is 0.0667. The number of nitrogens with one attached hydrogen (secondary N) is 2. The Morgan fingerprint density at radius 1 is 1.09 bits per heavy atom. The Labute approximate surface area is 142 Å². The highest BCUT2D eigenvalue weighted by Gasteiger charge is 2.08. The Morgan fingerprint density at radius 2 is 1.86 bits per heavy atom. The van der Waals surface area contributed by atoms with Gasteiger partial charge in [-0.3, -0.25) is 9.67 Å². The monoisotopic (exact) mass is 350 g/mol. The fourth-order valence-electron chi connectivity index (χ4n) is 2.08. The second-order valence-corrected chi connectivity index (χ2v) is 5.80. The van der Waals surface area contributed by atoms with E-state index in [4.69, 9.17) is 35.4 Å². The first-order valence-corrected chi connectivity index (χ1v) is 7.72. The summed E-state index contributed by atoms with van der Waals surface area (Å²) in [6, 6.07) is 15.2. The number of halogens is 2. The molecule has 0 atom stereocenters. The SMILES string of the molecule is S=c1[nH]nc(CNc2ccc(Cl)c(Cl)c2)n1-c1ccccc1. The lowest BCUT2D eigenvalue weighted by Crippen LogP contribution is -2.07. The lowest BCUT2D eigenvalue weighted by molar-refractivity contribution is 0.888. The standard InChI is InChI=1S/C15H12Cl2N4S/c16-12-7-6-10(8-13(12)17)18-9-14-19-20-15(22)21(14)11-4-2-1-3-5-11/h1-8,18H,9H2,(H,20,22). The number of hydrogen-bond donors (Lipinski definition) is 2. The van der Waals surface area contributed by atoms with Crippen molar-refractivity contribution in [1.29, 1.82) is 0 Å². The third-order valence-corrected chi connectivity index (χ3v) is 4.14. The highest BCUT2D eigenvalue weighted by Crippen LogP contribution is 2.25. The molecule has 4 nitrogen and oxygen atoms in total. The van der Waals surface area contributed by atoms with Crippen molar-refractivity contribution in [3.8, 4) is 5.69 Å². The van der Waals surface area contributed by atoms with Crippen molar-refractivity contribution in [2.24, 2.45) is 0 Å². The van der Waals surface area contributed by atoms with E-state index in [1.54, 1.807) is 12.1 Å². The van der Waals surface area contributed by atoms with Crippen LogP contribution in [0.1, 0.15) is 5.82 Å². The number of hydrogen-bond acceptors (Lipinski definition) is 3. The molecule has 0 unspecified atom stereocenters. The van der Waals surface area contributed by atoms with Crippen LogP contribution in [0.25, 0.3) is 5.69 Å². The summed E-state index contributed by atoms with van der Waals surface area (Å²) in [5.74, 6) is 0.780. The molecule has 1 aromatic heterocycles. The first kappa shape index (κ1) is 15.1. The van der Waals surface area contributed by atoms with E-state index in [0.717, 1.165) is 17.2 Å². The Kier molecular flexibility index (Phi) is 4.47. The summed E-state index contributed by atoms with van der Waals surface area (Å²) < 4.78 is 2.44. The van der Waals surface area contributed by atoms with E-state index in [-0.39, 0.29) is 0 Å². The summed E-state index contributed by atoms with van der Waals surface area (Å²) in [5, 5.41) is 11.4. The summed E-state index contributed by atoms with van der Waals surface area (Å²) in [6.45, 7) is 0.500. The quantitative estimate of drug-likeness (QED) is 0.661. The number of benzene rings is 2. The van der Waals surface area contributed by atoms with Crippen molar-refractivity contribution >= 4 is 41.1 Å². The van der Waals surface area contributed by atoms with Crippen LogP contribution in [0, 0.1) is 4.77 Å². The number of H-pyrrole nitrogens is 1.